The molecule has 0 aliphatic carbocycles. The molecule has 0 spiro atoms. The van der Waals surface area contributed by atoms with Gasteiger partial charge in [0.15, 0.2) is 6.61 Å². The first-order chi connectivity index (χ1) is 14.0. The number of hydrogen-bond acceptors (Lipinski definition) is 6. The molecule has 0 saturated heterocycles. The molecule has 0 atom stereocenters. The van der Waals surface area contributed by atoms with Crippen LogP contribution in [0.15, 0.2) is 48.7 Å². The highest BCUT2D eigenvalue weighted by molar-refractivity contribution is 5.94. The number of para-hydroxylation sites is 1. The number of aryl methyl sites for hydroxylation is 1. The van der Waals surface area contributed by atoms with Gasteiger partial charge in [-0.25, -0.2) is 0 Å². The van der Waals surface area contributed by atoms with E-state index in [1.54, 1.807) is 6.07 Å². The number of benzene rings is 2. The van der Waals surface area contributed by atoms with E-state index in [0.717, 1.165) is 22.5 Å². The van der Waals surface area contributed by atoms with Crippen LogP contribution in [0, 0.1) is 21.4 Å². The molecular formula is C20H16N4O5. The van der Waals surface area contributed by atoms with E-state index in [-0.39, 0.29) is 23.4 Å². The molecule has 0 unspecified atom stereocenters. The highest BCUT2D eigenvalue weighted by atomic mass is 16.6. The van der Waals surface area contributed by atoms with E-state index in [1.165, 1.54) is 12.1 Å². The topological polar surface area (TPSA) is 138 Å². The second kappa shape index (κ2) is 8.67. The summed E-state index contributed by atoms with van der Waals surface area (Å²) < 4.78 is 4.97. The maximum absolute atomic E-state index is 12.0. The number of nitrogens with one attached hydrogen (secondary N) is 2. The number of nitro groups is 1. The van der Waals surface area contributed by atoms with Crippen molar-refractivity contribution < 1.29 is 19.2 Å². The number of nitrogens with zero attached hydrogens (tertiary/aromatic N) is 2. The van der Waals surface area contributed by atoms with Crippen molar-refractivity contribution in [2.24, 2.45) is 0 Å². The van der Waals surface area contributed by atoms with Crippen molar-refractivity contribution in [3.63, 3.8) is 0 Å². The molecule has 1 amide bonds. The summed E-state index contributed by atoms with van der Waals surface area (Å²) in [5.74, 6) is -1.18. The number of esters is 1. The average molecular weight is 392 g/mol. The molecule has 0 aliphatic heterocycles. The SMILES string of the molecule is N#Cc1cc([N+](=O)[O-])ccc1NC(=O)COC(=O)CCc1c[nH]c2ccccc12. The van der Waals surface area contributed by atoms with E-state index >= 15 is 0 Å². The van der Waals surface area contributed by atoms with Gasteiger partial charge >= 0.3 is 5.97 Å². The van der Waals surface area contributed by atoms with Crippen LogP contribution in [0.25, 0.3) is 10.9 Å². The Morgan fingerprint density at radius 3 is 2.79 bits per heavy atom. The number of amides is 1. The van der Waals surface area contributed by atoms with Crippen molar-refractivity contribution in [1.82, 2.24) is 4.98 Å². The summed E-state index contributed by atoms with van der Waals surface area (Å²) in [6, 6.07) is 13.0. The third-order valence-electron chi connectivity index (χ3n) is 4.25. The molecular weight excluding hydrogens is 376 g/mol. The average Bonchev–Trinajstić information content (AvgIpc) is 3.14. The van der Waals surface area contributed by atoms with E-state index < -0.39 is 23.4 Å². The molecule has 2 aromatic carbocycles. The Labute approximate surface area is 165 Å². The minimum absolute atomic E-state index is 0.0572. The minimum atomic E-state index is -0.643. The van der Waals surface area contributed by atoms with Crippen LogP contribution < -0.4 is 5.32 Å². The van der Waals surface area contributed by atoms with Crippen molar-refractivity contribution in [3.8, 4) is 6.07 Å². The lowest BCUT2D eigenvalue weighted by atomic mass is 10.1. The van der Waals surface area contributed by atoms with E-state index in [9.17, 15) is 19.7 Å². The Bertz CT molecular complexity index is 1130. The number of non-ortho nitro benzene ring substituents is 1. The Morgan fingerprint density at radius 1 is 1.24 bits per heavy atom. The molecule has 0 aliphatic rings. The maximum Gasteiger partial charge on any atom is 0.306 e. The standard InChI is InChI=1S/C20H16N4O5/c21-10-14-9-15(24(27)28)6-7-17(14)23-19(25)12-29-20(26)8-5-13-11-22-18-4-2-1-3-16(13)18/h1-4,6-7,9,11,22H,5,8,12H2,(H,23,25). The molecule has 0 saturated carbocycles. The largest absolute Gasteiger partial charge is 0.456 e. The normalized spacial score (nSPS) is 10.3. The zero-order valence-electron chi connectivity index (χ0n) is 15.2. The molecule has 9 heteroatoms. The summed E-state index contributed by atoms with van der Waals surface area (Å²) in [5.41, 5.74) is 1.75. The van der Waals surface area contributed by atoms with Crippen LogP contribution in [0.2, 0.25) is 0 Å². The second-order valence-electron chi connectivity index (χ2n) is 6.17. The van der Waals surface area contributed by atoms with Crippen LogP contribution in [0.5, 0.6) is 0 Å². The van der Waals surface area contributed by atoms with Crippen LogP contribution in [0.1, 0.15) is 17.5 Å². The van der Waals surface area contributed by atoms with E-state index in [1.807, 2.05) is 30.5 Å². The molecule has 1 aromatic heterocycles. The number of carbonyl (C=O) groups is 2. The fourth-order valence-corrected chi connectivity index (χ4v) is 2.83. The first-order valence-corrected chi connectivity index (χ1v) is 8.67. The highest BCUT2D eigenvalue weighted by Gasteiger charge is 2.14. The monoisotopic (exact) mass is 392 g/mol. The minimum Gasteiger partial charge on any atom is -0.456 e. The molecule has 1 heterocycles. The fraction of sp³-hybridized carbons (Fsp3) is 0.150. The predicted octanol–water partition coefficient (Wildman–Crippen LogP) is 3.06. The van der Waals surface area contributed by atoms with Gasteiger partial charge in [-0.1, -0.05) is 18.2 Å². The number of fused-ring (bicyclic) bond motifs is 1. The van der Waals surface area contributed by atoms with Crippen molar-refractivity contribution in [1.29, 1.82) is 5.26 Å². The number of ether oxygens (including phenoxy) is 1. The predicted molar refractivity (Wildman–Crippen MR) is 104 cm³/mol. The molecule has 3 aromatic rings. The Morgan fingerprint density at radius 2 is 2.03 bits per heavy atom. The number of nitro benzene ring substituents is 1. The number of hydrogen-bond donors (Lipinski definition) is 2. The molecule has 0 fully saturated rings. The van der Waals surface area contributed by atoms with Gasteiger partial charge in [0.2, 0.25) is 0 Å². The lowest BCUT2D eigenvalue weighted by molar-refractivity contribution is -0.384. The first kappa shape index (κ1) is 19.6. The molecule has 146 valence electrons. The van der Waals surface area contributed by atoms with Gasteiger partial charge < -0.3 is 15.0 Å². The number of nitriles is 1. The van der Waals surface area contributed by atoms with Crippen molar-refractivity contribution >= 4 is 34.2 Å². The Kier molecular flexibility index (Phi) is 5.85. The molecule has 29 heavy (non-hydrogen) atoms. The number of carbonyl (C=O) groups excluding carboxylic acids is 2. The summed E-state index contributed by atoms with van der Waals surface area (Å²) in [7, 11) is 0. The fourth-order valence-electron chi connectivity index (χ4n) is 2.83. The van der Waals surface area contributed by atoms with Crippen LogP contribution in [-0.4, -0.2) is 28.4 Å². The summed E-state index contributed by atoms with van der Waals surface area (Å²) in [5, 5.41) is 23.3. The van der Waals surface area contributed by atoms with Crippen molar-refractivity contribution in [2.75, 3.05) is 11.9 Å². The summed E-state index contributed by atoms with van der Waals surface area (Å²) >= 11 is 0. The summed E-state index contributed by atoms with van der Waals surface area (Å²) in [6.07, 6.45) is 2.41. The van der Waals surface area contributed by atoms with Gasteiger partial charge in [0.25, 0.3) is 11.6 Å². The van der Waals surface area contributed by atoms with E-state index in [4.69, 9.17) is 10.00 Å². The van der Waals surface area contributed by atoms with Gasteiger partial charge in [-0.05, 0) is 24.1 Å². The number of aromatic nitrogens is 1. The van der Waals surface area contributed by atoms with Gasteiger partial charge in [-0.2, -0.15) is 5.26 Å². The summed E-state index contributed by atoms with van der Waals surface area (Å²) in [6.45, 7) is -0.519. The number of rotatable bonds is 7. The molecule has 0 radical (unpaired) electrons. The Balaban J connectivity index is 1.51. The van der Waals surface area contributed by atoms with E-state index in [2.05, 4.69) is 10.3 Å². The smallest absolute Gasteiger partial charge is 0.306 e. The van der Waals surface area contributed by atoms with E-state index in [0.29, 0.717) is 6.42 Å². The van der Waals surface area contributed by atoms with Crippen LogP contribution in [0.4, 0.5) is 11.4 Å². The maximum atomic E-state index is 12.0. The molecule has 9 nitrogen and oxygen atoms in total. The summed E-state index contributed by atoms with van der Waals surface area (Å²) in [4.78, 5) is 37.1. The zero-order chi connectivity index (χ0) is 20.8. The third kappa shape index (κ3) is 4.75. The molecule has 3 rings (SSSR count). The first-order valence-electron chi connectivity index (χ1n) is 8.67. The van der Waals surface area contributed by atoms with Gasteiger partial charge in [0, 0.05) is 35.7 Å². The van der Waals surface area contributed by atoms with Gasteiger partial charge in [0.05, 0.1) is 16.2 Å². The van der Waals surface area contributed by atoms with Gasteiger partial charge in [-0.15, -0.1) is 0 Å². The van der Waals surface area contributed by atoms with Gasteiger partial charge in [-0.3, -0.25) is 19.7 Å². The molecule has 0 bridgehead atoms. The number of H-pyrrole nitrogens is 1. The highest BCUT2D eigenvalue weighted by Crippen LogP contribution is 2.21. The van der Waals surface area contributed by atoms with Crippen molar-refractivity contribution in [3.05, 3.63) is 69.9 Å². The van der Waals surface area contributed by atoms with Crippen LogP contribution >= 0.6 is 0 Å². The lowest BCUT2D eigenvalue weighted by Gasteiger charge is -2.08. The zero-order valence-corrected chi connectivity index (χ0v) is 15.2. The molecule has 2 N–H and O–H groups in total. The lowest BCUT2D eigenvalue weighted by Crippen LogP contribution is -2.21. The number of anilines is 1. The second-order valence-corrected chi connectivity index (χ2v) is 6.17. The van der Waals surface area contributed by atoms with Crippen LogP contribution in [0.3, 0.4) is 0 Å². The van der Waals surface area contributed by atoms with Gasteiger partial charge in [0.1, 0.15) is 6.07 Å². The quantitative estimate of drug-likeness (QED) is 0.360. The van der Waals surface area contributed by atoms with Crippen molar-refractivity contribution in [2.45, 2.75) is 12.8 Å². The third-order valence-corrected chi connectivity index (χ3v) is 4.25. The van der Waals surface area contributed by atoms with Crippen LogP contribution in [-0.2, 0) is 20.7 Å². The Hall–Kier alpha value is -4.19. The number of aromatic amines is 1.